The summed E-state index contributed by atoms with van der Waals surface area (Å²) in [6.45, 7) is 0. The number of hydrogen-bond acceptors (Lipinski definition) is 2. The van der Waals surface area contributed by atoms with E-state index in [1.54, 1.807) is 0 Å². The smallest absolute Gasteiger partial charge is 0.161 e. The summed E-state index contributed by atoms with van der Waals surface area (Å²) < 4.78 is 0. The van der Waals surface area contributed by atoms with E-state index in [1.807, 2.05) is 6.07 Å². The molecule has 10 aromatic rings. The third kappa shape index (κ3) is 5.33. The van der Waals surface area contributed by atoms with E-state index in [0.717, 1.165) is 33.5 Å². The van der Waals surface area contributed by atoms with Crippen LogP contribution in [0, 0.1) is 0 Å². The van der Waals surface area contributed by atoms with Gasteiger partial charge in [-0.05, 0) is 90.3 Å². The lowest BCUT2D eigenvalue weighted by atomic mass is 9.67. The maximum atomic E-state index is 5.29. The number of rotatable bonds is 6. The second-order valence-corrected chi connectivity index (χ2v) is 14.9. The van der Waals surface area contributed by atoms with Crippen LogP contribution in [0.4, 0.5) is 0 Å². The van der Waals surface area contributed by atoms with Crippen molar-refractivity contribution in [2.45, 2.75) is 5.41 Å². The van der Waals surface area contributed by atoms with Gasteiger partial charge in [0.2, 0.25) is 0 Å². The van der Waals surface area contributed by atoms with Crippen LogP contribution < -0.4 is 0 Å². The highest BCUT2D eigenvalue weighted by molar-refractivity contribution is 6.05. The van der Waals surface area contributed by atoms with Crippen molar-refractivity contribution in [1.29, 1.82) is 0 Å². The second-order valence-electron chi connectivity index (χ2n) is 14.9. The van der Waals surface area contributed by atoms with E-state index in [9.17, 15) is 0 Å². The number of hydrogen-bond donors (Lipinski definition) is 0. The first-order valence-electron chi connectivity index (χ1n) is 19.6. The summed E-state index contributed by atoms with van der Waals surface area (Å²) >= 11 is 0. The standard InChI is InChI=1S/C55H36N2/c1-4-17-38(18-5-1)52-36-53(41-29-28-37-16-10-11-19-39(37)34-41)57-54(56-52)48-32-31-44(45-24-12-13-25-46(45)48)40-30-33-51-49(35-40)47-26-14-15-27-50(47)55(51,42-20-6-2-7-21-42)43-22-8-3-9-23-43/h1-36H. The minimum Gasteiger partial charge on any atom is -0.228 e. The van der Waals surface area contributed by atoms with E-state index < -0.39 is 5.41 Å². The van der Waals surface area contributed by atoms with Crippen LogP contribution in [0.2, 0.25) is 0 Å². The van der Waals surface area contributed by atoms with Crippen LogP contribution in [0.15, 0.2) is 218 Å². The highest BCUT2D eigenvalue weighted by atomic mass is 14.9. The Labute approximate surface area is 332 Å². The van der Waals surface area contributed by atoms with Crippen LogP contribution in [-0.4, -0.2) is 9.97 Å². The first kappa shape index (κ1) is 33.0. The van der Waals surface area contributed by atoms with E-state index in [-0.39, 0.29) is 0 Å². The van der Waals surface area contributed by atoms with Crippen LogP contribution in [-0.2, 0) is 5.41 Å². The first-order valence-corrected chi connectivity index (χ1v) is 19.6. The molecule has 0 saturated carbocycles. The van der Waals surface area contributed by atoms with Crippen LogP contribution in [0.5, 0.6) is 0 Å². The molecule has 0 aliphatic heterocycles. The van der Waals surface area contributed by atoms with Gasteiger partial charge in [-0.15, -0.1) is 0 Å². The molecular formula is C55H36N2. The average Bonchev–Trinajstić information content (AvgIpc) is 3.59. The predicted octanol–water partition coefficient (Wildman–Crippen LogP) is 13.8. The lowest BCUT2D eigenvalue weighted by molar-refractivity contribution is 0.768. The van der Waals surface area contributed by atoms with Crippen molar-refractivity contribution in [1.82, 2.24) is 9.97 Å². The summed E-state index contributed by atoms with van der Waals surface area (Å²) in [5, 5.41) is 4.68. The van der Waals surface area contributed by atoms with Crippen molar-refractivity contribution >= 4 is 21.5 Å². The Morgan fingerprint density at radius 1 is 0.298 bits per heavy atom. The largest absolute Gasteiger partial charge is 0.228 e. The molecule has 266 valence electrons. The predicted molar refractivity (Wildman–Crippen MR) is 236 cm³/mol. The number of benzene rings is 9. The van der Waals surface area contributed by atoms with Gasteiger partial charge in [0.1, 0.15) is 0 Å². The molecular weight excluding hydrogens is 689 g/mol. The summed E-state index contributed by atoms with van der Waals surface area (Å²) in [7, 11) is 0. The molecule has 2 heteroatoms. The van der Waals surface area contributed by atoms with E-state index in [4.69, 9.17) is 9.97 Å². The average molecular weight is 725 g/mol. The molecule has 57 heavy (non-hydrogen) atoms. The molecule has 1 heterocycles. The fourth-order valence-electron chi connectivity index (χ4n) is 9.18. The van der Waals surface area contributed by atoms with Gasteiger partial charge < -0.3 is 0 Å². The third-order valence-corrected chi connectivity index (χ3v) is 11.8. The van der Waals surface area contributed by atoms with E-state index in [0.29, 0.717) is 5.82 Å². The van der Waals surface area contributed by atoms with Crippen LogP contribution >= 0.6 is 0 Å². The van der Waals surface area contributed by atoms with E-state index in [1.165, 1.54) is 60.7 Å². The third-order valence-electron chi connectivity index (χ3n) is 11.8. The van der Waals surface area contributed by atoms with Crippen molar-refractivity contribution in [3.63, 3.8) is 0 Å². The van der Waals surface area contributed by atoms with Crippen molar-refractivity contribution in [2.24, 2.45) is 0 Å². The molecule has 11 rings (SSSR count). The van der Waals surface area contributed by atoms with Crippen LogP contribution in [0.3, 0.4) is 0 Å². The number of nitrogens with zero attached hydrogens (tertiary/aromatic N) is 2. The fourth-order valence-corrected chi connectivity index (χ4v) is 9.18. The number of fused-ring (bicyclic) bond motifs is 5. The molecule has 0 unspecified atom stereocenters. The van der Waals surface area contributed by atoms with Gasteiger partial charge in [-0.25, -0.2) is 9.97 Å². The highest BCUT2D eigenvalue weighted by Crippen LogP contribution is 2.56. The molecule has 0 atom stereocenters. The summed E-state index contributed by atoms with van der Waals surface area (Å²) in [6.07, 6.45) is 0. The number of aromatic nitrogens is 2. The Hall–Kier alpha value is -7.42. The molecule has 2 nitrogen and oxygen atoms in total. The summed E-state index contributed by atoms with van der Waals surface area (Å²) in [6, 6.07) is 78.8. The summed E-state index contributed by atoms with van der Waals surface area (Å²) in [5.41, 5.74) is 14.6. The van der Waals surface area contributed by atoms with Gasteiger partial charge in [-0.3, -0.25) is 0 Å². The zero-order valence-electron chi connectivity index (χ0n) is 31.2. The van der Waals surface area contributed by atoms with Gasteiger partial charge >= 0.3 is 0 Å². The van der Waals surface area contributed by atoms with Crippen molar-refractivity contribution < 1.29 is 0 Å². The first-order chi connectivity index (χ1) is 28.3. The zero-order chi connectivity index (χ0) is 37.8. The Bertz CT molecular complexity index is 3070. The molecule has 1 aromatic heterocycles. The van der Waals surface area contributed by atoms with Gasteiger partial charge in [-0.2, -0.15) is 0 Å². The minimum atomic E-state index is -0.428. The van der Waals surface area contributed by atoms with E-state index in [2.05, 4.69) is 212 Å². The van der Waals surface area contributed by atoms with Gasteiger partial charge in [-0.1, -0.05) is 194 Å². The Balaban J connectivity index is 1.09. The maximum Gasteiger partial charge on any atom is 0.161 e. The van der Waals surface area contributed by atoms with Gasteiger partial charge in [0, 0.05) is 16.7 Å². The van der Waals surface area contributed by atoms with Gasteiger partial charge in [0.05, 0.1) is 16.8 Å². The molecule has 0 fully saturated rings. The molecule has 0 N–H and O–H groups in total. The summed E-state index contributed by atoms with van der Waals surface area (Å²) in [5.74, 6) is 0.709. The Kier molecular flexibility index (Phi) is 7.75. The molecule has 0 amide bonds. The molecule has 0 saturated heterocycles. The van der Waals surface area contributed by atoms with Gasteiger partial charge in [0.15, 0.2) is 5.82 Å². The molecule has 0 radical (unpaired) electrons. The second kappa shape index (κ2) is 13.4. The SMILES string of the molecule is c1ccc(-c2cc(-c3ccc4ccccc4c3)nc(-c3ccc(-c4ccc5c(c4)-c4ccccc4C5(c4ccccc4)c4ccccc4)c4ccccc34)n2)cc1. The topological polar surface area (TPSA) is 25.8 Å². The molecule has 0 spiro atoms. The lowest BCUT2D eigenvalue weighted by Crippen LogP contribution is -2.28. The van der Waals surface area contributed by atoms with E-state index >= 15 is 0 Å². The molecule has 1 aliphatic carbocycles. The minimum absolute atomic E-state index is 0.428. The molecule has 0 bridgehead atoms. The zero-order valence-corrected chi connectivity index (χ0v) is 31.2. The quantitative estimate of drug-likeness (QED) is 0.171. The summed E-state index contributed by atoms with van der Waals surface area (Å²) in [4.78, 5) is 10.5. The molecule has 1 aliphatic rings. The normalized spacial score (nSPS) is 12.7. The van der Waals surface area contributed by atoms with Crippen LogP contribution in [0.1, 0.15) is 22.3 Å². The van der Waals surface area contributed by atoms with Crippen molar-refractivity contribution in [3.8, 4) is 56.2 Å². The Morgan fingerprint density at radius 2 is 0.842 bits per heavy atom. The van der Waals surface area contributed by atoms with Crippen LogP contribution in [0.25, 0.3) is 77.7 Å². The van der Waals surface area contributed by atoms with Gasteiger partial charge in [0.25, 0.3) is 0 Å². The van der Waals surface area contributed by atoms with Crippen molar-refractivity contribution in [3.05, 3.63) is 241 Å². The highest BCUT2D eigenvalue weighted by Gasteiger charge is 2.46. The van der Waals surface area contributed by atoms with Crippen molar-refractivity contribution in [2.75, 3.05) is 0 Å². The Morgan fingerprint density at radius 3 is 1.58 bits per heavy atom. The lowest BCUT2D eigenvalue weighted by Gasteiger charge is -2.33. The maximum absolute atomic E-state index is 5.29. The molecule has 9 aromatic carbocycles. The fraction of sp³-hybridized carbons (Fsp3) is 0.0182. The monoisotopic (exact) mass is 724 g/mol.